The Kier molecular flexibility index (Phi) is 6.38. The molecule has 3 aromatic rings. The van der Waals surface area contributed by atoms with Crippen LogP contribution in [0, 0.1) is 0 Å². The predicted molar refractivity (Wildman–Crippen MR) is 105 cm³/mol. The van der Waals surface area contributed by atoms with E-state index in [0.29, 0.717) is 22.9 Å². The number of carbonyl (C=O) groups excluding carboxylic acids is 1. The van der Waals surface area contributed by atoms with Crippen molar-refractivity contribution in [3.63, 3.8) is 0 Å². The van der Waals surface area contributed by atoms with E-state index >= 15 is 0 Å². The van der Waals surface area contributed by atoms with Gasteiger partial charge in [0.2, 0.25) is 0 Å². The van der Waals surface area contributed by atoms with E-state index in [9.17, 15) is 4.79 Å². The Morgan fingerprint density at radius 2 is 1.96 bits per heavy atom. The lowest BCUT2D eigenvalue weighted by Crippen LogP contribution is -2.11. The molecule has 0 saturated heterocycles. The van der Waals surface area contributed by atoms with Crippen LogP contribution in [0.3, 0.4) is 0 Å². The largest absolute Gasteiger partial charge is 0.493 e. The number of nitrogens with one attached hydrogen (secondary N) is 1. The zero-order valence-electron chi connectivity index (χ0n) is 15.1. The van der Waals surface area contributed by atoms with Gasteiger partial charge in [-0.2, -0.15) is 0 Å². The van der Waals surface area contributed by atoms with Crippen molar-refractivity contribution in [1.29, 1.82) is 0 Å². The van der Waals surface area contributed by atoms with Crippen LogP contribution in [0.2, 0.25) is 0 Å². The van der Waals surface area contributed by atoms with Crippen LogP contribution < -0.4 is 14.8 Å². The molecule has 3 rings (SSSR count). The van der Waals surface area contributed by atoms with Crippen molar-refractivity contribution >= 4 is 23.4 Å². The van der Waals surface area contributed by atoms with Crippen molar-refractivity contribution in [3.8, 4) is 11.5 Å². The second-order valence-electron chi connectivity index (χ2n) is 5.48. The molecule has 6 nitrogen and oxygen atoms in total. The first-order valence-electron chi connectivity index (χ1n) is 8.44. The van der Waals surface area contributed by atoms with Crippen LogP contribution >= 0.6 is 11.8 Å². The van der Waals surface area contributed by atoms with Gasteiger partial charge < -0.3 is 19.2 Å². The van der Waals surface area contributed by atoms with Gasteiger partial charge in [-0.3, -0.25) is 4.79 Å². The second kappa shape index (κ2) is 9.14. The number of anilines is 1. The number of ether oxygens (including phenoxy) is 2. The Balaban J connectivity index is 1.58. The zero-order valence-corrected chi connectivity index (χ0v) is 15.9. The highest BCUT2D eigenvalue weighted by atomic mass is 32.2. The van der Waals surface area contributed by atoms with E-state index < -0.39 is 0 Å². The summed E-state index contributed by atoms with van der Waals surface area (Å²) in [7, 11) is 1.58. The molecule has 0 saturated carbocycles. The molecular formula is C20H20N2O4S. The molecule has 0 bridgehead atoms. The van der Waals surface area contributed by atoms with E-state index in [1.165, 1.54) is 0 Å². The van der Waals surface area contributed by atoms with E-state index in [1.54, 1.807) is 37.2 Å². The fourth-order valence-corrected chi connectivity index (χ4v) is 2.93. The molecule has 0 atom stereocenters. The van der Waals surface area contributed by atoms with Crippen LogP contribution in [-0.4, -0.2) is 23.8 Å². The van der Waals surface area contributed by atoms with Gasteiger partial charge >= 0.3 is 0 Å². The third-order valence-electron chi connectivity index (χ3n) is 3.61. The fraction of sp³-hybridized carbons (Fsp3) is 0.200. The first-order valence-corrected chi connectivity index (χ1v) is 9.43. The number of thioether (sulfide) groups is 1. The standard InChI is InChI=1S/C20H20N2O4S/c1-3-27-19-11-8-14(12-21-19)22-20(23)18-10-9-15(26-18)13-25-17-7-5-4-6-16(17)24-2/h4-12H,3,13H2,1-2H3,(H,22,23). The Labute approximate surface area is 161 Å². The first kappa shape index (κ1) is 18.8. The second-order valence-corrected chi connectivity index (χ2v) is 6.76. The van der Waals surface area contributed by atoms with Gasteiger partial charge in [-0.15, -0.1) is 11.8 Å². The average molecular weight is 384 g/mol. The lowest BCUT2D eigenvalue weighted by atomic mass is 10.3. The number of benzene rings is 1. The van der Waals surface area contributed by atoms with Gasteiger partial charge in [-0.05, 0) is 42.2 Å². The monoisotopic (exact) mass is 384 g/mol. The smallest absolute Gasteiger partial charge is 0.291 e. The van der Waals surface area contributed by atoms with Crippen LogP contribution in [-0.2, 0) is 6.61 Å². The molecule has 27 heavy (non-hydrogen) atoms. The molecule has 1 amide bonds. The number of nitrogens with zero attached hydrogens (tertiary/aromatic N) is 1. The summed E-state index contributed by atoms with van der Waals surface area (Å²) in [6.45, 7) is 2.26. The van der Waals surface area contributed by atoms with Crippen molar-refractivity contribution in [1.82, 2.24) is 4.98 Å². The van der Waals surface area contributed by atoms with Crippen LogP contribution in [0.4, 0.5) is 5.69 Å². The van der Waals surface area contributed by atoms with E-state index in [1.807, 2.05) is 36.4 Å². The summed E-state index contributed by atoms with van der Waals surface area (Å²) in [5, 5.41) is 3.69. The average Bonchev–Trinajstić information content (AvgIpc) is 3.17. The Morgan fingerprint density at radius 3 is 2.67 bits per heavy atom. The topological polar surface area (TPSA) is 73.6 Å². The summed E-state index contributed by atoms with van der Waals surface area (Å²) in [5.41, 5.74) is 0.615. The highest BCUT2D eigenvalue weighted by Crippen LogP contribution is 2.27. The fourth-order valence-electron chi connectivity index (χ4n) is 2.34. The summed E-state index contributed by atoms with van der Waals surface area (Å²) < 4.78 is 16.5. The number of hydrogen-bond acceptors (Lipinski definition) is 6. The number of carbonyl (C=O) groups is 1. The van der Waals surface area contributed by atoms with Gasteiger partial charge in [0.1, 0.15) is 12.4 Å². The van der Waals surface area contributed by atoms with Gasteiger partial charge in [0.05, 0.1) is 24.0 Å². The Morgan fingerprint density at radius 1 is 1.15 bits per heavy atom. The molecule has 0 unspecified atom stereocenters. The van der Waals surface area contributed by atoms with Crippen molar-refractivity contribution in [2.75, 3.05) is 18.2 Å². The lowest BCUT2D eigenvalue weighted by Gasteiger charge is -2.08. The van der Waals surface area contributed by atoms with Gasteiger partial charge in [0.25, 0.3) is 5.91 Å². The molecule has 2 aromatic heterocycles. The van der Waals surface area contributed by atoms with E-state index in [-0.39, 0.29) is 18.3 Å². The van der Waals surface area contributed by atoms with Gasteiger partial charge in [-0.1, -0.05) is 19.1 Å². The van der Waals surface area contributed by atoms with Crippen molar-refractivity contribution in [3.05, 3.63) is 66.2 Å². The molecule has 2 heterocycles. The summed E-state index contributed by atoms with van der Waals surface area (Å²) in [6.07, 6.45) is 1.63. The molecule has 140 valence electrons. The normalized spacial score (nSPS) is 10.4. The van der Waals surface area contributed by atoms with Gasteiger partial charge in [0, 0.05) is 0 Å². The van der Waals surface area contributed by atoms with Crippen molar-refractivity contribution in [2.45, 2.75) is 18.6 Å². The number of amides is 1. The summed E-state index contributed by atoms with van der Waals surface area (Å²) in [5.74, 6) is 2.61. The summed E-state index contributed by atoms with van der Waals surface area (Å²) in [4.78, 5) is 16.6. The number of furan rings is 1. The maximum Gasteiger partial charge on any atom is 0.291 e. The lowest BCUT2D eigenvalue weighted by molar-refractivity contribution is 0.0992. The highest BCUT2D eigenvalue weighted by molar-refractivity contribution is 7.99. The predicted octanol–water partition coefficient (Wildman–Crippen LogP) is 4.63. The molecule has 1 aromatic carbocycles. The highest BCUT2D eigenvalue weighted by Gasteiger charge is 2.13. The van der Waals surface area contributed by atoms with Crippen LogP contribution in [0.5, 0.6) is 11.5 Å². The third-order valence-corrected chi connectivity index (χ3v) is 4.44. The molecule has 0 aliphatic carbocycles. The summed E-state index contributed by atoms with van der Waals surface area (Å²) >= 11 is 1.64. The number of hydrogen-bond donors (Lipinski definition) is 1. The number of rotatable bonds is 8. The number of pyridine rings is 1. The Hall–Kier alpha value is -2.93. The van der Waals surface area contributed by atoms with Crippen molar-refractivity contribution < 1.29 is 18.7 Å². The molecule has 0 spiro atoms. The zero-order chi connectivity index (χ0) is 19.1. The molecule has 0 aliphatic rings. The van der Waals surface area contributed by atoms with Gasteiger partial charge in [0.15, 0.2) is 17.3 Å². The maximum absolute atomic E-state index is 12.3. The minimum Gasteiger partial charge on any atom is -0.493 e. The Bertz CT molecular complexity index is 893. The van der Waals surface area contributed by atoms with E-state index in [2.05, 4.69) is 17.2 Å². The number of para-hydroxylation sites is 2. The third kappa shape index (κ3) is 5.04. The first-order chi connectivity index (χ1) is 13.2. The van der Waals surface area contributed by atoms with E-state index in [4.69, 9.17) is 13.9 Å². The van der Waals surface area contributed by atoms with Crippen LogP contribution in [0.1, 0.15) is 23.2 Å². The molecule has 1 N–H and O–H groups in total. The molecule has 7 heteroatoms. The molecular weight excluding hydrogens is 364 g/mol. The molecule has 0 radical (unpaired) electrons. The van der Waals surface area contributed by atoms with Crippen LogP contribution in [0.15, 0.2) is 64.2 Å². The van der Waals surface area contributed by atoms with Crippen molar-refractivity contribution in [2.24, 2.45) is 0 Å². The van der Waals surface area contributed by atoms with E-state index in [0.717, 1.165) is 10.8 Å². The van der Waals surface area contributed by atoms with Gasteiger partial charge in [-0.25, -0.2) is 4.98 Å². The number of aromatic nitrogens is 1. The maximum atomic E-state index is 12.3. The number of methoxy groups -OCH3 is 1. The summed E-state index contributed by atoms with van der Waals surface area (Å²) in [6, 6.07) is 14.4. The minimum absolute atomic E-state index is 0.193. The SMILES string of the molecule is CCSc1ccc(NC(=O)c2ccc(COc3ccccc3OC)o2)cn1. The molecule has 0 fully saturated rings. The quantitative estimate of drug-likeness (QED) is 0.571. The minimum atomic E-state index is -0.337. The van der Waals surface area contributed by atoms with Crippen LogP contribution in [0.25, 0.3) is 0 Å². The molecule has 0 aliphatic heterocycles.